The van der Waals surface area contributed by atoms with E-state index in [1.807, 2.05) is 23.9 Å². The quantitative estimate of drug-likeness (QED) is 0.238. The molecule has 0 spiro atoms. The van der Waals surface area contributed by atoms with Crippen molar-refractivity contribution < 1.29 is 0 Å². The average Bonchev–Trinajstić information content (AvgIpc) is 2.59. The maximum Gasteiger partial charge on any atom is 0.0263 e. The van der Waals surface area contributed by atoms with Crippen LogP contribution in [-0.4, -0.2) is 11.5 Å². The van der Waals surface area contributed by atoms with Gasteiger partial charge < -0.3 is 0 Å². The monoisotopic (exact) mass is 350 g/mol. The number of terminal acetylenes is 3. The molecule has 0 heterocycles. The van der Waals surface area contributed by atoms with E-state index < -0.39 is 0 Å². The second-order valence-electron chi connectivity index (χ2n) is 6.09. The molecule has 1 unspecified atom stereocenters. The van der Waals surface area contributed by atoms with E-state index >= 15 is 0 Å². The summed E-state index contributed by atoms with van der Waals surface area (Å²) in [7, 11) is 0. The van der Waals surface area contributed by atoms with Crippen molar-refractivity contribution >= 4 is 11.8 Å². The summed E-state index contributed by atoms with van der Waals surface area (Å²) in [5.74, 6) is 7.96. The van der Waals surface area contributed by atoms with Crippen LogP contribution in [0, 0.1) is 37.0 Å². The first-order valence-corrected chi connectivity index (χ1v) is 9.91. The molecule has 0 N–H and O–H groups in total. The third-order valence-electron chi connectivity index (χ3n) is 4.05. The first kappa shape index (κ1) is 23.0. The van der Waals surface area contributed by atoms with Crippen molar-refractivity contribution in [3.63, 3.8) is 0 Å². The first-order valence-electron chi connectivity index (χ1n) is 8.62. The fourth-order valence-electron chi connectivity index (χ4n) is 2.51. The van der Waals surface area contributed by atoms with Crippen LogP contribution in [0.1, 0.15) is 52.4 Å². The Bertz CT molecular complexity index is 635. The predicted molar refractivity (Wildman–Crippen MR) is 116 cm³/mol. The van der Waals surface area contributed by atoms with Gasteiger partial charge in [0.05, 0.1) is 0 Å². The zero-order valence-electron chi connectivity index (χ0n) is 15.9. The fraction of sp³-hybridized carbons (Fsp3) is 0.417. The van der Waals surface area contributed by atoms with Crippen LogP contribution in [0.15, 0.2) is 47.1 Å². The highest BCUT2D eigenvalue weighted by Crippen LogP contribution is 2.25. The molecule has 0 aromatic heterocycles. The lowest BCUT2D eigenvalue weighted by Gasteiger charge is -2.15. The summed E-state index contributed by atoms with van der Waals surface area (Å²) >= 11 is 1.81. The third kappa shape index (κ3) is 10.5. The molecule has 0 aliphatic heterocycles. The SMILES string of the molecule is C#C/C=C(\C)CCCCC=C(C#C)C(=C)CCC(SC)/C(C)=C/C#C. The standard InChI is InChI=1S/C24H30S/c1-8-14-20(4)16-12-11-13-17-23(10-3)21(5)18-19-24(25-7)22(6)15-9-2/h1-3,14-15,17,24H,5,11-13,16,18-19H2,4,6-7H3/b20-14+,22-15+,23-17?. The molecule has 0 aromatic carbocycles. The van der Waals surface area contributed by atoms with E-state index in [0.29, 0.717) is 5.25 Å². The van der Waals surface area contributed by atoms with Gasteiger partial charge in [-0.15, -0.1) is 19.3 Å². The molecule has 0 aliphatic rings. The van der Waals surface area contributed by atoms with Crippen LogP contribution >= 0.6 is 11.8 Å². The predicted octanol–water partition coefficient (Wildman–Crippen LogP) is 6.33. The number of unbranched alkanes of at least 4 members (excludes halogenated alkanes) is 2. The summed E-state index contributed by atoms with van der Waals surface area (Å²) in [5.41, 5.74) is 4.46. The lowest BCUT2D eigenvalue weighted by Crippen LogP contribution is -2.04. The van der Waals surface area contributed by atoms with Gasteiger partial charge in [0.2, 0.25) is 0 Å². The Kier molecular flexibility index (Phi) is 13.2. The molecule has 1 atom stereocenters. The molecule has 0 fully saturated rings. The van der Waals surface area contributed by atoms with Crippen LogP contribution in [0.4, 0.5) is 0 Å². The number of hydrogen-bond acceptors (Lipinski definition) is 1. The normalized spacial score (nSPS) is 13.5. The Labute approximate surface area is 159 Å². The van der Waals surface area contributed by atoms with E-state index in [4.69, 9.17) is 19.3 Å². The van der Waals surface area contributed by atoms with Gasteiger partial charge in [0, 0.05) is 10.8 Å². The minimum Gasteiger partial charge on any atom is -0.158 e. The van der Waals surface area contributed by atoms with Crippen LogP contribution in [0.5, 0.6) is 0 Å². The van der Waals surface area contributed by atoms with Gasteiger partial charge >= 0.3 is 0 Å². The van der Waals surface area contributed by atoms with Crippen molar-refractivity contribution in [2.75, 3.05) is 6.26 Å². The molecule has 0 bridgehead atoms. The zero-order valence-corrected chi connectivity index (χ0v) is 16.7. The highest BCUT2D eigenvalue weighted by Gasteiger charge is 2.10. The van der Waals surface area contributed by atoms with Gasteiger partial charge in [-0.05, 0) is 76.4 Å². The van der Waals surface area contributed by atoms with Crippen molar-refractivity contribution in [3.05, 3.63) is 47.1 Å². The van der Waals surface area contributed by atoms with Gasteiger partial charge in [-0.2, -0.15) is 11.8 Å². The Balaban J connectivity index is 4.45. The first-order chi connectivity index (χ1) is 12.0. The molecule has 0 amide bonds. The van der Waals surface area contributed by atoms with E-state index in [-0.39, 0.29) is 0 Å². The molecule has 0 nitrogen and oxygen atoms in total. The summed E-state index contributed by atoms with van der Waals surface area (Å²) in [6.45, 7) is 8.33. The lowest BCUT2D eigenvalue weighted by atomic mass is 9.98. The van der Waals surface area contributed by atoms with Gasteiger partial charge in [-0.1, -0.05) is 41.6 Å². The summed E-state index contributed by atoms with van der Waals surface area (Å²) in [6.07, 6.45) is 30.4. The highest BCUT2D eigenvalue weighted by molar-refractivity contribution is 7.99. The molecule has 0 rings (SSSR count). The Morgan fingerprint density at radius 3 is 2.32 bits per heavy atom. The molecule has 1 heteroatoms. The molecule has 0 aliphatic carbocycles. The van der Waals surface area contributed by atoms with Gasteiger partial charge in [-0.25, -0.2) is 0 Å². The summed E-state index contributed by atoms with van der Waals surface area (Å²) < 4.78 is 0. The molecule has 132 valence electrons. The van der Waals surface area contributed by atoms with E-state index in [0.717, 1.165) is 49.7 Å². The van der Waals surface area contributed by atoms with Crippen molar-refractivity contribution in [2.45, 2.75) is 57.6 Å². The molecular formula is C24H30S. The van der Waals surface area contributed by atoms with Crippen molar-refractivity contribution in [2.24, 2.45) is 0 Å². The fourth-order valence-corrected chi connectivity index (χ4v) is 3.30. The molecule has 0 aromatic rings. The van der Waals surface area contributed by atoms with Crippen molar-refractivity contribution in [3.8, 4) is 37.0 Å². The molecule has 25 heavy (non-hydrogen) atoms. The largest absolute Gasteiger partial charge is 0.158 e. The summed E-state index contributed by atoms with van der Waals surface area (Å²) in [6, 6.07) is 0. The Hall–Kier alpha value is -2.01. The minimum atomic E-state index is 0.415. The van der Waals surface area contributed by atoms with E-state index in [1.165, 1.54) is 11.1 Å². The zero-order chi connectivity index (χ0) is 19.1. The van der Waals surface area contributed by atoms with Crippen molar-refractivity contribution in [1.29, 1.82) is 0 Å². The van der Waals surface area contributed by atoms with Crippen LogP contribution < -0.4 is 0 Å². The minimum absolute atomic E-state index is 0.415. The second kappa shape index (κ2) is 14.3. The Morgan fingerprint density at radius 2 is 1.76 bits per heavy atom. The van der Waals surface area contributed by atoms with Gasteiger partial charge in [0.1, 0.15) is 0 Å². The highest BCUT2D eigenvalue weighted by atomic mass is 32.2. The number of rotatable bonds is 11. The molecule has 0 saturated carbocycles. The van der Waals surface area contributed by atoms with Crippen LogP contribution in [0.25, 0.3) is 0 Å². The summed E-state index contributed by atoms with van der Waals surface area (Å²) in [4.78, 5) is 0. The molecular weight excluding hydrogens is 320 g/mol. The van der Waals surface area contributed by atoms with Gasteiger partial charge in [-0.3, -0.25) is 0 Å². The van der Waals surface area contributed by atoms with Crippen LogP contribution in [-0.2, 0) is 0 Å². The molecule has 0 radical (unpaired) electrons. The van der Waals surface area contributed by atoms with Gasteiger partial charge in [0.25, 0.3) is 0 Å². The van der Waals surface area contributed by atoms with E-state index in [9.17, 15) is 0 Å². The van der Waals surface area contributed by atoms with E-state index in [1.54, 1.807) is 0 Å². The van der Waals surface area contributed by atoms with Crippen LogP contribution in [0.2, 0.25) is 0 Å². The smallest absolute Gasteiger partial charge is 0.0263 e. The van der Waals surface area contributed by atoms with Crippen molar-refractivity contribution in [1.82, 2.24) is 0 Å². The average molecular weight is 351 g/mol. The second-order valence-corrected chi connectivity index (χ2v) is 7.13. The maximum absolute atomic E-state index is 5.67. The Morgan fingerprint density at radius 1 is 1.08 bits per heavy atom. The lowest BCUT2D eigenvalue weighted by molar-refractivity contribution is 0.740. The number of hydrogen-bond donors (Lipinski definition) is 0. The van der Waals surface area contributed by atoms with E-state index in [2.05, 4.69) is 50.5 Å². The van der Waals surface area contributed by atoms with Gasteiger partial charge in [0.15, 0.2) is 0 Å². The summed E-state index contributed by atoms with van der Waals surface area (Å²) in [5, 5.41) is 0.415. The maximum atomic E-state index is 5.67. The number of allylic oxidation sites excluding steroid dienone is 6. The molecule has 0 saturated heterocycles. The third-order valence-corrected chi connectivity index (χ3v) is 5.23. The number of thioether (sulfide) groups is 1. The topological polar surface area (TPSA) is 0 Å². The van der Waals surface area contributed by atoms with Crippen LogP contribution in [0.3, 0.4) is 0 Å².